The van der Waals surface area contributed by atoms with Crippen LogP contribution in [0.3, 0.4) is 0 Å². The molecule has 0 fully saturated rings. The van der Waals surface area contributed by atoms with Crippen molar-refractivity contribution in [2.75, 3.05) is 7.11 Å². The first kappa shape index (κ1) is 30.0. The molecule has 0 radical (unpaired) electrons. The SMILES string of the molecule is C/C=C(\C)c1ccccc1C#Cc1c(C)cccc1OC.[C-]#[O+].[C-]#[O+].[C-]#[O+].[Cr]. The average Bonchev–Trinajstić information content (AvgIpc) is 2.76. The molecule has 0 aromatic heterocycles. The van der Waals surface area contributed by atoms with Gasteiger partial charge in [0.25, 0.3) is 0 Å². The Hall–Kier alpha value is -2.71. The van der Waals surface area contributed by atoms with Gasteiger partial charge < -0.3 is 4.74 Å². The van der Waals surface area contributed by atoms with Crippen molar-refractivity contribution in [3.63, 3.8) is 0 Å². The first-order valence-electron chi connectivity index (χ1n) is 7.66. The molecule has 0 spiro atoms. The molecule has 0 aliphatic carbocycles. The maximum Gasteiger partial charge on any atom is 0 e. The molecule has 0 aliphatic heterocycles. The van der Waals surface area contributed by atoms with Crippen molar-refractivity contribution in [1.29, 1.82) is 0 Å². The second-order valence-electron chi connectivity index (χ2n) is 4.92. The predicted octanol–water partition coefficient (Wildman–Crippen LogP) is 4.71. The van der Waals surface area contributed by atoms with Crippen molar-refractivity contribution in [2.24, 2.45) is 0 Å². The van der Waals surface area contributed by atoms with Gasteiger partial charge in [-0.15, -0.1) is 0 Å². The summed E-state index contributed by atoms with van der Waals surface area (Å²) in [5, 5.41) is 0. The monoisotopic (exact) mass is 412 g/mol. The van der Waals surface area contributed by atoms with E-state index in [0.717, 1.165) is 22.4 Å². The van der Waals surface area contributed by atoms with Crippen molar-refractivity contribution in [1.82, 2.24) is 0 Å². The first-order valence-corrected chi connectivity index (χ1v) is 7.66. The Labute approximate surface area is 177 Å². The summed E-state index contributed by atoms with van der Waals surface area (Å²) in [6.45, 7) is 19.7. The van der Waals surface area contributed by atoms with Crippen molar-refractivity contribution in [3.05, 3.63) is 90.7 Å². The fraction of sp³-hybridized carbons (Fsp3) is 0.174. The third-order valence-corrected chi connectivity index (χ3v) is 3.56. The van der Waals surface area contributed by atoms with Crippen molar-refractivity contribution < 1.29 is 36.1 Å². The number of aryl methyl sites for hydroxylation is 1. The average molecular weight is 412 g/mol. The smallest absolute Gasteiger partial charge is 0 e. The van der Waals surface area contributed by atoms with Gasteiger partial charge in [-0.25, -0.2) is 0 Å². The minimum atomic E-state index is 0. The summed E-state index contributed by atoms with van der Waals surface area (Å²) in [5.41, 5.74) is 5.53. The summed E-state index contributed by atoms with van der Waals surface area (Å²) < 4.78 is 27.9. The fourth-order valence-electron chi connectivity index (χ4n) is 2.19. The van der Waals surface area contributed by atoms with Gasteiger partial charge in [0.15, 0.2) is 0 Å². The van der Waals surface area contributed by atoms with Gasteiger partial charge in [-0.1, -0.05) is 48.2 Å². The molecule has 0 bridgehead atoms. The molecule has 142 valence electrons. The van der Waals surface area contributed by atoms with E-state index in [0.29, 0.717) is 0 Å². The zero-order chi connectivity index (χ0) is 21.2. The zero-order valence-electron chi connectivity index (χ0n) is 16.2. The van der Waals surface area contributed by atoms with Crippen LogP contribution in [0.2, 0.25) is 0 Å². The van der Waals surface area contributed by atoms with Crippen LogP contribution in [0.4, 0.5) is 0 Å². The van der Waals surface area contributed by atoms with Gasteiger partial charge in [-0.05, 0) is 49.6 Å². The first-order chi connectivity index (χ1) is 13.2. The summed E-state index contributed by atoms with van der Waals surface area (Å²) in [7, 11) is 1.68. The molecule has 0 N–H and O–H groups in total. The Morgan fingerprint density at radius 3 is 2.04 bits per heavy atom. The number of ether oxygens (including phenoxy) is 1. The van der Waals surface area contributed by atoms with Gasteiger partial charge in [0, 0.05) is 22.9 Å². The molecule has 2 aromatic rings. The van der Waals surface area contributed by atoms with Crippen molar-refractivity contribution >= 4 is 5.57 Å². The van der Waals surface area contributed by atoms with Crippen molar-refractivity contribution in [3.8, 4) is 17.6 Å². The van der Waals surface area contributed by atoms with Crippen LogP contribution in [0.1, 0.15) is 36.1 Å². The Morgan fingerprint density at radius 2 is 1.50 bits per heavy atom. The molecule has 0 unspecified atom stereocenters. The van der Waals surface area contributed by atoms with E-state index in [1.165, 1.54) is 11.1 Å². The summed E-state index contributed by atoms with van der Waals surface area (Å²) >= 11 is 0. The Bertz CT molecular complexity index is 851. The topological polar surface area (TPSA) is 68.9 Å². The second kappa shape index (κ2) is 19.1. The molecule has 0 saturated carbocycles. The third-order valence-electron chi connectivity index (χ3n) is 3.56. The van der Waals surface area contributed by atoms with Gasteiger partial charge >= 0.3 is 33.9 Å². The number of benzene rings is 2. The molecule has 0 amide bonds. The maximum atomic E-state index is 7.50. The van der Waals surface area contributed by atoms with E-state index >= 15 is 0 Å². The third kappa shape index (κ3) is 9.29. The van der Waals surface area contributed by atoms with E-state index in [9.17, 15) is 0 Å². The molecule has 5 heteroatoms. The van der Waals surface area contributed by atoms with Crippen LogP contribution in [-0.2, 0) is 31.3 Å². The summed E-state index contributed by atoms with van der Waals surface area (Å²) in [6, 6.07) is 14.2. The van der Waals surface area contributed by atoms with Gasteiger partial charge in [-0.3, -0.25) is 0 Å². The summed E-state index contributed by atoms with van der Waals surface area (Å²) in [4.78, 5) is 0. The largest absolute Gasteiger partial charge is 0 e. The van der Waals surface area contributed by atoms with Gasteiger partial charge in [0.05, 0.1) is 12.7 Å². The molecular weight excluding hydrogens is 392 g/mol. The Balaban J connectivity index is -0.000000815. The van der Waals surface area contributed by atoms with E-state index in [1.54, 1.807) is 7.11 Å². The zero-order valence-corrected chi connectivity index (χ0v) is 17.4. The van der Waals surface area contributed by atoms with Gasteiger partial charge in [0.1, 0.15) is 5.75 Å². The quantitative estimate of drug-likeness (QED) is 0.400. The minimum Gasteiger partial charge on any atom is 0 e. The fourth-order valence-corrected chi connectivity index (χ4v) is 2.19. The van der Waals surface area contributed by atoms with Crippen molar-refractivity contribution in [2.45, 2.75) is 20.8 Å². The number of hydrogen-bond donors (Lipinski definition) is 0. The second-order valence-corrected chi connectivity index (χ2v) is 4.92. The number of allylic oxidation sites excluding steroid dienone is 2. The van der Waals surface area contributed by atoms with Gasteiger partial charge in [0.2, 0.25) is 0 Å². The van der Waals surface area contributed by atoms with Crippen LogP contribution in [0.5, 0.6) is 5.75 Å². The molecule has 2 rings (SSSR count). The van der Waals surface area contributed by atoms with E-state index in [2.05, 4.69) is 69.9 Å². The summed E-state index contributed by atoms with van der Waals surface area (Å²) in [5.74, 6) is 7.38. The number of rotatable bonds is 2. The van der Waals surface area contributed by atoms with Crippen LogP contribution in [-0.4, -0.2) is 7.11 Å². The molecule has 0 aliphatic rings. The molecule has 4 nitrogen and oxygen atoms in total. The predicted molar refractivity (Wildman–Crippen MR) is 101 cm³/mol. The van der Waals surface area contributed by atoms with E-state index < -0.39 is 0 Å². The Kier molecular flexibility index (Phi) is 20.5. The van der Waals surface area contributed by atoms with E-state index in [-0.39, 0.29) is 17.4 Å². The van der Waals surface area contributed by atoms with Crippen LogP contribution < -0.4 is 4.74 Å². The van der Waals surface area contributed by atoms with Crippen LogP contribution >= 0.6 is 0 Å². The molecule has 28 heavy (non-hydrogen) atoms. The molecule has 0 atom stereocenters. The standard InChI is InChI=1S/C20H20O.3CO.Cr/c1-5-15(2)18-11-7-6-10-17(18)13-14-19-16(3)9-8-12-20(19)21-4;3*1-2;/h5-12H,1-4H3;;;;/b15-5+;;;;. The van der Waals surface area contributed by atoms with Crippen LogP contribution in [0, 0.1) is 38.7 Å². The number of hydrogen-bond acceptors (Lipinski definition) is 1. The summed E-state index contributed by atoms with van der Waals surface area (Å²) in [6.07, 6.45) is 2.11. The van der Waals surface area contributed by atoms with Crippen LogP contribution in [0.25, 0.3) is 5.57 Å². The van der Waals surface area contributed by atoms with Gasteiger partial charge in [-0.2, -0.15) is 0 Å². The van der Waals surface area contributed by atoms with E-state index in [4.69, 9.17) is 18.7 Å². The van der Waals surface area contributed by atoms with E-state index in [1.807, 2.05) is 31.2 Å². The molecule has 0 heterocycles. The minimum absolute atomic E-state index is 0. The molecular formula is C23H20CrO4. The normalized spacial score (nSPS) is 8.29. The number of methoxy groups -OCH3 is 1. The molecule has 2 aromatic carbocycles. The Morgan fingerprint density at radius 1 is 0.929 bits per heavy atom. The van der Waals surface area contributed by atoms with Crippen LogP contribution in [0.15, 0.2) is 48.5 Å². The molecule has 0 saturated heterocycles. The maximum absolute atomic E-state index is 7.50.